The number of nitrogens with one attached hydrogen (secondary N) is 1. The van der Waals surface area contributed by atoms with E-state index in [2.05, 4.69) is 19.2 Å². The molecule has 0 amide bonds. The Morgan fingerprint density at radius 2 is 2.23 bits per heavy atom. The summed E-state index contributed by atoms with van der Waals surface area (Å²) in [5.74, 6) is 0. The third kappa shape index (κ3) is 2.68. The molecular weight excluding hydrogens is 162 g/mol. The van der Waals surface area contributed by atoms with Gasteiger partial charge in [-0.2, -0.15) is 0 Å². The number of rotatable bonds is 4. The van der Waals surface area contributed by atoms with Gasteiger partial charge in [-0.25, -0.2) is 0 Å². The fraction of sp³-hybridized carbons (Fsp3) is 1.00. The second-order valence-corrected chi connectivity index (χ2v) is 4.25. The highest BCUT2D eigenvalue weighted by molar-refractivity contribution is 4.90. The molecule has 0 aliphatic carbocycles. The second kappa shape index (κ2) is 4.97. The van der Waals surface area contributed by atoms with Crippen LogP contribution < -0.4 is 5.32 Å². The molecule has 1 saturated heterocycles. The Kier molecular flexibility index (Phi) is 4.20. The predicted octanol–water partition coefficient (Wildman–Crippen LogP) is 2.33. The molecule has 0 saturated carbocycles. The summed E-state index contributed by atoms with van der Waals surface area (Å²) < 4.78 is 5.91. The quantitative estimate of drug-likeness (QED) is 0.726. The summed E-state index contributed by atoms with van der Waals surface area (Å²) in [6.07, 6.45) is 6.20. The maximum absolute atomic E-state index is 5.91. The first-order valence-corrected chi connectivity index (χ1v) is 5.54. The molecule has 2 atom stereocenters. The molecule has 13 heavy (non-hydrogen) atoms. The molecule has 1 rings (SSSR count). The predicted molar refractivity (Wildman–Crippen MR) is 56.0 cm³/mol. The zero-order chi connectivity index (χ0) is 9.73. The molecule has 1 heterocycles. The third-order valence-electron chi connectivity index (χ3n) is 3.16. The molecule has 1 aliphatic heterocycles. The lowest BCUT2D eigenvalue weighted by molar-refractivity contribution is -0.0887. The van der Waals surface area contributed by atoms with E-state index in [1.807, 2.05) is 7.05 Å². The van der Waals surface area contributed by atoms with E-state index in [9.17, 15) is 0 Å². The van der Waals surface area contributed by atoms with E-state index >= 15 is 0 Å². The smallest absolute Gasteiger partial charge is 0.0806 e. The molecule has 1 N–H and O–H groups in total. The fourth-order valence-corrected chi connectivity index (χ4v) is 2.27. The van der Waals surface area contributed by atoms with Gasteiger partial charge in [0.1, 0.15) is 0 Å². The molecule has 2 unspecified atom stereocenters. The maximum Gasteiger partial charge on any atom is 0.0806 e. The van der Waals surface area contributed by atoms with Crippen LogP contribution in [0.2, 0.25) is 0 Å². The summed E-state index contributed by atoms with van der Waals surface area (Å²) in [5.41, 5.74) is 0.0863. The van der Waals surface area contributed by atoms with Gasteiger partial charge in [0.2, 0.25) is 0 Å². The number of ether oxygens (including phenoxy) is 1. The SMILES string of the molecule is CCCC(NC)C1(C)CCCCO1. The minimum absolute atomic E-state index is 0.0863. The zero-order valence-electron chi connectivity index (χ0n) is 9.23. The molecule has 1 fully saturated rings. The molecule has 1 aliphatic rings. The van der Waals surface area contributed by atoms with Gasteiger partial charge >= 0.3 is 0 Å². The number of likely N-dealkylation sites (N-methyl/N-ethyl adjacent to an activating group) is 1. The van der Waals surface area contributed by atoms with Gasteiger partial charge in [0.05, 0.1) is 5.60 Å². The normalized spacial score (nSPS) is 31.6. The van der Waals surface area contributed by atoms with Crippen molar-refractivity contribution in [3.05, 3.63) is 0 Å². The molecule has 0 spiro atoms. The van der Waals surface area contributed by atoms with Crippen LogP contribution in [0.15, 0.2) is 0 Å². The largest absolute Gasteiger partial charge is 0.374 e. The Bertz CT molecular complexity index is 141. The summed E-state index contributed by atoms with van der Waals surface area (Å²) in [5, 5.41) is 3.39. The van der Waals surface area contributed by atoms with Crippen molar-refractivity contribution in [2.75, 3.05) is 13.7 Å². The van der Waals surface area contributed by atoms with Gasteiger partial charge < -0.3 is 10.1 Å². The van der Waals surface area contributed by atoms with Crippen LogP contribution in [0.25, 0.3) is 0 Å². The average Bonchev–Trinajstić information content (AvgIpc) is 2.15. The van der Waals surface area contributed by atoms with Gasteiger partial charge in [-0.05, 0) is 39.7 Å². The van der Waals surface area contributed by atoms with Gasteiger partial charge in [-0.3, -0.25) is 0 Å². The van der Waals surface area contributed by atoms with Crippen molar-refractivity contribution >= 4 is 0 Å². The van der Waals surface area contributed by atoms with Gasteiger partial charge in [0.25, 0.3) is 0 Å². The molecule has 0 aromatic carbocycles. The lowest BCUT2D eigenvalue weighted by Crippen LogP contribution is -2.50. The Balaban J connectivity index is 2.52. The van der Waals surface area contributed by atoms with Crippen LogP contribution in [-0.2, 0) is 4.74 Å². The van der Waals surface area contributed by atoms with Crippen LogP contribution >= 0.6 is 0 Å². The highest BCUT2D eigenvalue weighted by Crippen LogP contribution is 2.29. The molecule has 2 nitrogen and oxygen atoms in total. The lowest BCUT2D eigenvalue weighted by Gasteiger charge is -2.40. The molecule has 2 heteroatoms. The van der Waals surface area contributed by atoms with Crippen molar-refractivity contribution in [2.45, 2.75) is 57.6 Å². The monoisotopic (exact) mass is 185 g/mol. The molecule has 0 aromatic heterocycles. The molecule has 0 aromatic rings. The highest BCUT2D eigenvalue weighted by Gasteiger charge is 2.35. The Morgan fingerprint density at radius 3 is 2.69 bits per heavy atom. The van der Waals surface area contributed by atoms with Crippen molar-refractivity contribution in [1.29, 1.82) is 0 Å². The number of hydrogen-bond donors (Lipinski definition) is 1. The summed E-state index contributed by atoms with van der Waals surface area (Å²) in [6, 6.07) is 0.526. The number of hydrogen-bond acceptors (Lipinski definition) is 2. The summed E-state index contributed by atoms with van der Waals surface area (Å²) in [4.78, 5) is 0. The van der Waals surface area contributed by atoms with Crippen LogP contribution in [0.4, 0.5) is 0 Å². The van der Waals surface area contributed by atoms with Crippen molar-refractivity contribution < 1.29 is 4.74 Å². The summed E-state index contributed by atoms with van der Waals surface area (Å²) in [6.45, 7) is 5.43. The van der Waals surface area contributed by atoms with Gasteiger partial charge in [0, 0.05) is 12.6 Å². The molecular formula is C11H23NO. The topological polar surface area (TPSA) is 21.3 Å². The zero-order valence-corrected chi connectivity index (χ0v) is 9.23. The molecule has 78 valence electrons. The molecule has 0 radical (unpaired) electrons. The standard InChI is InChI=1S/C11H23NO/c1-4-7-10(12-3)11(2)8-5-6-9-13-11/h10,12H,4-9H2,1-3H3. The van der Waals surface area contributed by atoms with E-state index in [4.69, 9.17) is 4.74 Å². The first-order chi connectivity index (χ1) is 6.23. The second-order valence-electron chi connectivity index (χ2n) is 4.25. The fourth-order valence-electron chi connectivity index (χ4n) is 2.27. The van der Waals surface area contributed by atoms with E-state index < -0.39 is 0 Å². The van der Waals surface area contributed by atoms with Crippen molar-refractivity contribution in [3.8, 4) is 0 Å². The maximum atomic E-state index is 5.91. The minimum Gasteiger partial charge on any atom is -0.374 e. The van der Waals surface area contributed by atoms with E-state index in [1.165, 1.54) is 32.1 Å². The molecule has 0 bridgehead atoms. The van der Waals surface area contributed by atoms with Crippen molar-refractivity contribution in [2.24, 2.45) is 0 Å². The van der Waals surface area contributed by atoms with Crippen LogP contribution in [0.1, 0.15) is 46.0 Å². The van der Waals surface area contributed by atoms with Gasteiger partial charge in [-0.1, -0.05) is 13.3 Å². The van der Waals surface area contributed by atoms with Crippen LogP contribution in [0.5, 0.6) is 0 Å². The summed E-state index contributed by atoms with van der Waals surface area (Å²) >= 11 is 0. The Morgan fingerprint density at radius 1 is 1.46 bits per heavy atom. The van der Waals surface area contributed by atoms with Crippen LogP contribution in [0.3, 0.4) is 0 Å². The van der Waals surface area contributed by atoms with Crippen LogP contribution in [0, 0.1) is 0 Å². The Hall–Kier alpha value is -0.0800. The van der Waals surface area contributed by atoms with Crippen LogP contribution in [-0.4, -0.2) is 25.3 Å². The van der Waals surface area contributed by atoms with E-state index in [1.54, 1.807) is 0 Å². The third-order valence-corrected chi connectivity index (χ3v) is 3.16. The minimum atomic E-state index is 0.0863. The average molecular weight is 185 g/mol. The van der Waals surface area contributed by atoms with Crippen molar-refractivity contribution in [3.63, 3.8) is 0 Å². The van der Waals surface area contributed by atoms with Gasteiger partial charge in [0.15, 0.2) is 0 Å². The van der Waals surface area contributed by atoms with E-state index in [0.29, 0.717) is 6.04 Å². The highest BCUT2D eigenvalue weighted by atomic mass is 16.5. The van der Waals surface area contributed by atoms with Crippen molar-refractivity contribution in [1.82, 2.24) is 5.32 Å². The first kappa shape index (κ1) is 11.0. The van der Waals surface area contributed by atoms with E-state index in [0.717, 1.165) is 6.61 Å². The van der Waals surface area contributed by atoms with E-state index in [-0.39, 0.29) is 5.60 Å². The van der Waals surface area contributed by atoms with Gasteiger partial charge in [-0.15, -0.1) is 0 Å². The first-order valence-electron chi connectivity index (χ1n) is 5.54. The lowest BCUT2D eigenvalue weighted by atomic mass is 9.86. The summed E-state index contributed by atoms with van der Waals surface area (Å²) in [7, 11) is 2.05. The Labute approximate surface area is 82.0 Å².